The van der Waals surface area contributed by atoms with Gasteiger partial charge in [0.25, 0.3) is 0 Å². The molecule has 0 radical (unpaired) electrons. The molecule has 0 saturated heterocycles. The summed E-state index contributed by atoms with van der Waals surface area (Å²) in [5, 5.41) is 3.64. The zero-order valence-electron chi connectivity index (χ0n) is 19.9. The fourth-order valence-corrected chi connectivity index (χ4v) is 4.97. The third-order valence-electron chi connectivity index (χ3n) is 5.52. The van der Waals surface area contributed by atoms with E-state index in [2.05, 4.69) is 26.0 Å². The van der Waals surface area contributed by atoms with Crippen LogP contribution < -0.4 is 0 Å². The van der Waals surface area contributed by atoms with Crippen molar-refractivity contribution in [3.8, 4) is 22.6 Å². The maximum Gasteiger partial charge on any atom is 0.436 e. The lowest BCUT2D eigenvalue weighted by Crippen LogP contribution is -2.28. The van der Waals surface area contributed by atoms with E-state index in [4.69, 9.17) is 4.74 Å². The van der Waals surface area contributed by atoms with E-state index in [9.17, 15) is 26.4 Å². The number of carbonyl (C=O) groups excluding carboxylic acids is 1. The number of hydrogen-bond donors (Lipinski definition) is 1. The number of esters is 1. The smallest absolute Gasteiger partial charge is 0.436 e. The molecule has 0 amide bonds. The van der Waals surface area contributed by atoms with Crippen LogP contribution in [0.2, 0.25) is 0 Å². The summed E-state index contributed by atoms with van der Waals surface area (Å²) in [4.78, 5) is 17.6. The first-order valence-electron chi connectivity index (χ1n) is 11.1. The zero-order valence-corrected chi connectivity index (χ0v) is 22.3. The van der Waals surface area contributed by atoms with Crippen molar-refractivity contribution in [1.82, 2.24) is 19.7 Å². The number of alkyl halides is 3. The number of ether oxygens (including phenoxy) is 1. The van der Waals surface area contributed by atoms with E-state index < -0.39 is 34.2 Å². The normalized spacial score (nSPS) is 12.3. The standard InChI is InChI=1S/C23H26BrF3N4O4S/c1-4-30(5-2)11-12-35-19(32)14-31-21(20(24)22(29-31)23(25,26)27)18-10-9-17(28-18)15-7-6-8-16(13-15)36(3,33)34/h6-10,13,28H,4-5,11-12,14H2,1-3H3. The highest BCUT2D eigenvalue weighted by atomic mass is 79.9. The number of halogens is 4. The van der Waals surface area contributed by atoms with Gasteiger partial charge in [-0.1, -0.05) is 26.0 Å². The molecule has 0 aliphatic heterocycles. The number of H-pyrrole nitrogens is 1. The maximum absolute atomic E-state index is 13.6. The largest absolute Gasteiger partial charge is 0.463 e. The molecule has 0 aliphatic carbocycles. The lowest BCUT2D eigenvalue weighted by atomic mass is 10.2. The maximum atomic E-state index is 13.6. The number of nitrogens with one attached hydrogen (secondary N) is 1. The van der Waals surface area contributed by atoms with Gasteiger partial charge in [-0.05, 0) is 58.8 Å². The summed E-state index contributed by atoms with van der Waals surface area (Å²) in [6.45, 7) is 5.59. The molecule has 3 aromatic rings. The third kappa shape index (κ3) is 6.56. The Bertz CT molecular complexity index is 1330. The van der Waals surface area contributed by atoms with Gasteiger partial charge in [-0.15, -0.1) is 0 Å². The summed E-state index contributed by atoms with van der Waals surface area (Å²) in [6.07, 6.45) is -3.67. The first kappa shape index (κ1) is 27.9. The van der Waals surface area contributed by atoms with Crippen LogP contribution in [0.4, 0.5) is 13.2 Å². The number of carbonyl (C=O) groups is 1. The van der Waals surface area contributed by atoms with Crippen molar-refractivity contribution < 1.29 is 31.1 Å². The first-order chi connectivity index (χ1) is 16.8. The molecule has 1 aromatic carbocycles. The number of aromatic nitrogens is 3. The quantitative estimate of drug-likeness (QED) is 0.346. The first-order valence-corrected chi connectivity index (χ1v) is 13.7. The number of benzene rings is 1. The van der Waals surface area contributed by atoms with E-state index in [1.165, 1.54) is 18.2 Å². The Morgan fingerprint density at radius 2 is 1.83 bits per heavy atom. The molecule has 0 fully saturated rings. The Balaban J connectivity index is 1.93. The van der Waals surface area contributed by atoms with Crippen molar-refractivity contribution in [2.75, 3.05) is 32.5 Å². The molecule has 8 nitrogen and oxygen atoms in total. The van der Waals surface area contributed by atoms with E-state index in [1.54, 1.807) is 18.2 Å². The predicted octanol–water partition coefficient (Wildman–Crippen LogP) is 4.62. The summed E-state index contributed by atoms with van der Waals surface area (Å²) in [5.41, 5.74) is 0.0847. The van der Waals surface area contributed by atoms with Gasteiger partial charge in [0.05, 0.1) is 20.8 Å². The lowest BCUT2D eigenvalue weighted by Gasteiger charge is -2.17. The van der Waals surface area contributed by atoms with Gasteiger partial charge in [0, 0.05) is 18.5 Å². The van der Waals surface area contributed by atoms with Gasteiger partial charge in [0.1, 0.15) is 13.2 Å². The average Bonchev–Trinajstić information content (AvgIpc) is 3.40. The number of sulfone groups is 1. The fraction of sp³-hybridized carbons (Fsp3) is 0.391. The van der Waals surface area contributed by atoms with Crippen LogP contribution in [-0.2, 0) is 32.1 Å². The van der Waals surface area contributed by atoms with E-state index in [1.807, 2.05) is 18.7 Å². The minimum Gasteiger partial charge on any atom is -0.463 e. The molecule has 0 bridgehead atoms. The Kier molecular flexibility index (Phi) is 8.67. The molecule has 2 aromatic heterocycles. The highest BCUT2D eigenvalue weighted by Gasteiger charge is 2.39. The van der Waals surface area contributed by atoms with Crippen molar-refractivity contribution in [1.29, 1.82) is 0 Å². The molecule has 1 N–H and O–H groups in total. The van der Waals surface area contributed by atoms with Gasteiger partial charge in [0.15, 0.2) is 15.5 Å². The average molecular weight is 591 g/mol. The molecular formula is C23H26BrF3N4O4S. The summed E-state index contributed by atoms with van der Waals surface area (Å²) < 4.78 is 70.4. The molecule has 13 heteroatoms. The fourth-order valence-electron chi connectivity index (χ4n) is 3.59. The number of nitrogens with zero attached hydrogens (tertiary/aromatic N) is 3. The predicted molar refractivity (Wildman–Crippen MR) is 132 cm³/mol. The van der Waals surface area contributed by atoms with Crippen molar-refractivity contribution in [2.24, 2.45) is 0 Å². The molecule has 0 saturated carbocycles. The van der Waals surface area contributed by atoms with Gasteiger partial charge < -0.3 is 14.6 Å². The van der Waals surface area contributed by atoms with Gasteiger partial charge in [-0.3, -0.25) is 9.48 Å². The number of aromatic amines is 1. The van der Waals surface area contributed by atoms with E-state index in [-0.39, 0.29) is 27.4 Å². The second-order valence-corrected chi connectivity index (χ2v) is 10.8. The topological polar surface area (TPSA) is 97.3 Å². The lowest BCUT2D eigenvalue weighted by molar-refractivity contribution is -0.146. The van der Waals surface area contributed by atoms with Gasteiger partial charge in [-0.2, -0.15) is 18.3 Å². The third-order valence-corrected chi connectivity index (χ3v) is 7.38. The van der Waals surface area contributed by atoms with Gasteiger partial charge in [0.2, 0.25) is 0 Å². The molecule has 3 rings (SSSR count). The Hall–Kier alpha value is -2.64. The Morgan fingerprint density at radius 1 is 1.17 bits per heavy atom. The van der Waals surface area contributed by atoms with Crippen LogP contribution in [0.5, 0.6) is 0 Å². The molecule has 0 unspecified atom stereocenters. The summed E-state index contributed by atoms with van der Waals surface area (Å²) in [6, 6.07) is 9.30. The molecule has 2 heterocycles. The van der Waals surface area contributed by atoms with Gasteiger partial charge in [-0.25, -0.2) is 8.42 Å². The molecule has 0 spiro atoms. The molecule has 196 valence electrons. The van der Waals surface area contributed by atoms with E-state index >= 15 is 0 Å². The number of rotatable bonds is 10. The van der Waals surface area contributed by atoms with Gasteiger partial charge >= 0.3 is 12.1 Å². The highest BCUT2D eigenvalue weighted by Crippen LogP contribution is 2.40. The van der Waals surface area contributed by atoms with Crippen LogP contribution in [0.15, 0.2) is 45.8 Å². The second kappa shape index (κ2) is 11.2. The van der Waals surface area contributed by atoms with Crippen LogP contribution in [-0.4, -0.2) is 66.5 Å². The highest BCUT2D eigenvalue weighted by molar-refractivity contribution is 9.10. The zero-order chi connectivity index (χ0) is 26.7. The van der Waals surface area contributed by atoms with Crippen LogP contribution in [0.3, 0.4) is 0 Å². The van der Waals surface area contributed by atoms with Crippen LogP contribution in [0.1, 0.15) is 19.5 Å². The monoisotopic (exact) mass is 590 g/mol. The molecule has 0 aliphatic rings. The summed E-state index contributed by atoms with van der Waals surface area (Å²) >= 11 is 3.00. The minimum absolute atomic E-state index is 0.00790. The second-order valence-electron chi connectivity index (χ2n) is 8.00. The van der Waals surface area contributed by atoms with Crippen LogP contribution in [0, 0.1) is 0 Å². The van der Waals surface area contributed by atoms with E-state index in [0.717, 1.165) is 24.0 Å². The van der Waals surface area contributed by atoms with E-state index in [0.29, 0.717) is 17.8 Å². The molecular weight excluding hydrogens is 565 g/mol. The van der Waals surface area contributed by atoms with Crippen molar-refractivity contribution in [2.45, 2.75) is 31.5 Å². The van der Waals surface area contributed by atoms with Crippen molar-refractivity contribution in [3.63, 3.8) is 0 Å². The Morgan fingerprint density at radius 3 is 2.44 bits per heavy atom. The number of hydrogen-bond acceptors (Lipinski definition) is 6. The van der Waals surface area contributed by atoms with Crippen molar-refractivity contribution >= 4 is 31.7 Å². The van der Waals surface area contributed by atoms with Crippen LogP contribution >= 0.6 is 15.9 Å². The SMILES string of the molecule is CCN(CC)CCOC(=O)Cn1nc(C(F)(F)F)c(Br)c1-c1ccc(-c2cccc(S(C)(=O)=O)c2)[nH]1. The Labute approximate surface area is 215 Å². The number of likely N-dealkylation sites (N-methyl/N-ethyl adjacent to an activating group) is 1. The molecule has 0 atom stereocenters. The minimum atomic E-state index is -4.76. The van der Waals surface area contributed by atoms with Crippen LogP contribution in [0.25, 0.3) is 22.6 Å². The van der Waals surface area contributed by atoms with Crippen molar-refractivity contribution in [3.05, 3.63) is 46.6 Å². The summed E-state index contributed by atoms with van der Waals surface area (Å²) in [7, 11) is -3.45. The molecule has 36 heavy (non-hydrogen) atoms. The summed E-state index contributed by atoms with van der Waals surface area (Å²) in [5.74, 6) is -0.722.